The highest BCUT2D eigenvalue weighted by Gasteiger charge is 2.15. The molecule has 5 rings (SSSR count). The Morgan fingerprint density at radius 2 is 0.976 bits per heavy atom. The van der Waals surface area contributed by atoms with E-state index in [4.69, 9.17) is 14.2 Å². The summed E-state index contributed by atoms with van der Waals surface area (Å²) >= 11 is 0. The van der Waals surface area contributed by atoms with E-state index in [0.717, 1.165) is 17.9 Å². The van der Waals surface area contributed by atoms with E-state index in [9.17, 15) is 9.59 Å². The van der Waals surface area contributed by atoms with Gasteiger partial charge in [-0.3, -0.25) is 4.79 Å². The number of nitrogens with zero attached hydrogens (tertiary/aromatic N) is 1. The Hall–Kier alpha value is -5.65. The minimum atomic E-state index is -0.00391. The van der Waals surface area contributed by atoms with Crippen molar-refractivity contribution in [2.24, 2.45) is 0 Å². The molecule has 1 N–H and O–H groups in total. The lowest BCUT2D eigenvalue weighted by Gasteiger charge is -2.09. The fourth-order valence-electron chi connectivity index (χ4n) is 4.11. The van der Waals surface area contributed by atoms with Crippen molar-refractivity contribution in [2.45, 2.75) is 19.8 Å². The van der Waals surface area contributed by atoms with Crippen molar-refractivity contribution in [3.63, 3.8) is 0 Å². The molecule has 5 aromatic rings. The summed E-state index contributed by atoms with van der Waals surface area (Å²) in [6, 6.07) is 38.4. The van der Waals surface area contributed by atoms with Crippen LogP contribution in [0.4, 0.5) is 17.1 Å². The van der Waals surface area contributed by atoms with Gasteiger partial charge in [-0.1, -0.05) is 29.7 Å². The van der Waals surface area contributed by atoms with Crippen molar-refractivity contribution in [1.29, 1.82) is 0 Å². The van der Waals surface area contributed by atoms with E-state index in [2.05, 4.69) is 5.32 Å². The number of amides is 1. The SMILES string of the molecule is CCCC(=O)Nc1ccc(Oc2ccc(Oc3ccc([N+](=C=O)c4ccc(Oc5ccccc5)cc4)cc3)cc2)cc1. The van der Waals surface area contributed by atoms with E-state index in [-0.39, 0.29) is 5.91 Å². The predicted molar refractivity (Wildman–Crippen MR) is 163 cm³/mol. The topological polar surface area (TPSA) is 76.9 Å². The van der Waals surface area contributed by atoms with Crippen molar-refractivity contribution in [3.05, 3.63) is 127 Å². The zero-order valence-corrected chi connectivity index (χ0v) is 23.0. The van der Waals surface area contributed by atoms with E-state index in [1.165, 1.54) is 4.58 Å². The molecular weight excluding hydrogens is 528 g/mol. The summed E-state index contributed by atoms with van der Waals surface area (Å²) in [5.74, 6) is 3.96. The lowest BCUT2D eigenvalue weighted by molar-refractivity contribution is -0.116. The number of carbonyl (C=O) groups excluding carboxylic acids is 2. The quantitative estimate of drug-likeness (QED) is 0.0996. The maximum atomic E-state index is 11.8. The van der Waals surface area contributed by atoms with Gasteiger partial charge in [-0.15, -0.1) is 0 Å². The minimum absolute atomic E-state index is 0.00391. The first-order chi connectivity index (χ1) is 20.6. The lowest BCUT2D eigenvalue weighted by atomic mass is 10.2. The minimum Gasteiger partial charge on any atom is -0.457 e. The van der Waals surface area contributed by atoms with Gasteiger partial charge in [-0.05, 0) is 91.3 Å². The number of nitrogens with one attached hydrogen (secondary N) is 1. The van der Waals surface area contributed by atoms with Crippen LogP contribution < -0.4 is 24.1 Å². The molecule has 0 bridgehead atoms. The second kappa shape index (κ2) is 13.6. The number of isocyanates is 1. The largest absolute Gasteiger partial charge is 0.457 e. The first-order valence-electron chi connectivity index (χ1n) is 13.6. The number of benzene rings is 5. The zero-order valence-electron chi connectivity index (χ0n) is 23.0. The van der Waals surface area contributed by atoms with Crippen LogP contribution in [0, 0.1) is 0 Å². The Balaban J connectivity index is 1.17. The van der Waals surface area contributed by atoms with E-state index in [1.54, 1.807) is 60.7 Å². The highest BCUT2D eigenvalue weighted by Crippen LogP contribution is 2.30. The molecule has 0 saturated carbocycles. The van der Waals surface area contributed by atoms with Crippen LogP contribution in [0.2, 0.25) is 0 Å². The van der Waals surface area contributed by atoms with E-state index in [1.807, 2.05) is 79.7 Å². The van der Waals surface area contributed by atoms with Gasteiger partial charge in [0.2, 0.25) is 17.3 Å². The third kappa shape index (κ3) is 7.50. The molecular formula is C35H29N2O5+. The van der Waals surface area contributed by atoms with Crippen LogP contribution >= 0.6 is 0 Å². The molecule has 42 heavy (non-hydrogen) atoms. The number of anilines is 1. The van der Waals surface area contributed by atoms with E-state index in [0.29, 0.717) is 46.5 Å². The van der Waals surface area contributed by atoms with Crippen LogP contribution in [0.5, 0.6) is 34.5 Å². The van der Waals surface area contributed by atoms with Crippen molar-refractivity contribution >= 4 is 29.0 Å². The maximum absolute atomic E-state index is 11.8. The summed E-state index contributed by atoms with van der Waals surface area (Å²) in [7, 11) is 0. The Labute approximate surface area is 244 Å². The Kier molecular flexibility index (Phi) is 9.04. The van der Waals surface area contributed by atoms with Gasteiger partial charge in [-0.25, -0.2) is 0 Å². The molecule has 0 heterocycles. The molecule has 7 nitrogen and oxygen atoms in total. The monoisotopic (exact) mass is 557 g/mol. The molecule has 0 spiro atoms. The average Bonchev–Trinajstić information content (AvgIpc) is 3.02. The smallest absolute Gasteiger partial charge is 0.437 e. The molecule has 1 amide bonds. The number of rotatable bonds is 11. The molecule has 0 aromatic heterocycles. The number of para-hydroxylation sites is 1. The Bertz CT molecular complexity index is 1660. The molecule has 0 aliphatic carbocycles. The first kappa shape index (κ1) is 27.9. The zero-order chi connectivity index (χ0) is 29.1. The van der Waals surface area contributed by atoms with Gasteiger partial charge in [0, 0.05) is 36.4 Å². The van der Waals surface area contributed by atoms with Crippen LogP contribution in [0.3, 0.4) is 0 Å². The number of hydrogen-bond acceptors (Lipinski definition) is 5. The summed E-state index contributed by atoms with van der Waals surface area (Å²) in [5, 5.41) is 2.86. The van der Waals surface area contributed by atoms with Crippen LogP contribution in [0.1, 0.15) is 19.8 Å². The first-order valence-corrected chi connectivity index (χ1v) is 13.6. The van der Waals surface area contributed by atoms with Gasteiger partial charge in [0.1, 0.15) is 34.5 Å². The van der Waals surface area contributed by atoms with Gasteiger partial charge in [0.15, 0.2) is 0 Å². The highest BCUT2D eigenvalue weighted by atomic mass is 16.5. The Morgan fingerprint density at radius 1 is 0.595 bits per heavy atom. The standard InChI is InChI=1S/C35H28N2O5/c1-2-6-35(39)36-26-9-15-30(16-10-26)41-33-21-23-34(24-22-33)42-32-19-13-28(14-20-32)37(25-38)27-11-17-31(18-12-27)40-29-7-4-3-5-8-29/h3-5,7-24H,2,6H2,1H3/p+1. The second-order valence-electron chi connectivity index (χ2n) is 9.33. The number of ether oxygens (including phenoxy) is 3. The summed E-state index contributed by atoms with van der Waals surface area (Å²) in [6.07, 6.45) is 3.28. The molecule has 0 saturated heterocycles. The normalized spacial score (nSPS) is 10.3. The highest BCUT2D eigenvalue weighted by molar-refractivity contribution is 5.90. The molecule has 0 aliphatic heterocycles. The third-order valence-corrected chi connectivity index (χ3v) is 6.17. The van der Waals surface area contributed by atoms with Gasteiger partial charge in [0.05, 0.1) is 0 Å². The van der Waals surface area contributed by atoms with E-state index < -0.39 is 0 Å². The lowest BCUT2D eigenvalue weighted by Crippen LogP contribution is -2.10. The van der Waals surface area contributed by atoms with Crippen molar-refractivity contribution in [3.8, 4) is 34.5 Å². The van der Waals surface area contributed by atoms with Gasteiger partial charge in [0.25, 0.3) is 0 Å². The second-order valence-corrected chi connectivity index (χ2v) is 9.33. The number of carbonyl (C=O) groups is 1. The van der Waals surface area contributed by atoms with Gasteiger partial charge in [-0.2, -0.15) is 4.79 Å². The molecule has 0 radical (unpaired) electrons. The van der Waals surface area contributed by atoms with Crippen LogP contribution in [-0.2, 0) is 9.59 Å². The summed E-state index contributed by atoms with van der Waals surface area (Å²) in [4.78, 5) is 23.6. The summed E-state index contributed by atoms with van der Waals surface area (Å²) in [5.41, 5.74) is 2.04. The molecule has 0 atom stereocenters. The molecule has 0 fully saturated rings. The van der Waals surface area contributed by atoms with Crippen LogP contribution in [-0.4, -0.2) is 12.0 Å². The fourth-order valence-corrected chi connectivity index (χ4v) is 4.11. The number of hydrogen-bond donors (Lipinski definition) is 1. The maximum Gasteiger partial charge on any atom is 0.437 e. The molecule has 0 unspecified atom stereocenters. The molecule has 5 aromatic carbocycles. The fraction of sp³-hybridized carbons (Fsp3) is 0.0857. The molecule has 208 valence electrons. The van der Waals surface area contributed by atoms with Crippen molar-refractivity contribution in [2.75, 3.05) is 5.32 Å². The van der Waals surface area contributed by atoms with E-state index >= 15 is 0 Å². The van der Waals surface area contributed by atoms with Crippen LogP contribution in [0.25, 0.3) is 0 Å². The van der Waals surface area contributed by atoms with Gasteiger partial charge < -0.3 is 19.5 Å². The van der Waals surface area contributed by atoms with Crippen LogP contribution in [0.15, 0.2) is 127 Å². The average molecular weight is 558 g/mol. The molecule has 0 aliphatic rings. The summed E-state index contributed by atoms with van der Waals surface area (Å²) in [6.45, 7) is 1.97. The Morgan fingerprint density at radius 3 is 1.38 bits per heavy atom. The third-order valence-electron chi connectivity index (χ3n) is 6.17. The summed E-state index contributed by atoms with van der Waals surface area (Å²) < 4.78 is 19.1. The van der Waals surface area contributed by atoms with Gasteiger partial charge >= 0.3 is 6.08 Å². The predicted octanol–water partition coefficient (Wildman–Crippen LogP) is 8.97. The van der Waals surface area contributed by atoms with Crippen molar-refractivity contribution in [1.82, 2.24) is 4.58 Å². The molecule has 7 heteroatoms. The van der Waals surface area contributed by atoms with Crippen molar-refractivity contribution < 1.29 is 23.8 Å².